The molecule has 0 N–H and O–H groups in total. The minimum Gasteiger partial charge on any atom is -0.347 e. The van der Waals surface area contributed by atoms with Gasteiger partial charge in [-0.3, -0.25) is 4.90 Å². The Balaban J connectivity index is 1.40. The van der Waals surface area contributed by atoms with Gasteiger partial charge in [0.05, 0.1) is 6.54 Å². The SMILES string of the molecule is Cc1ccccc1-c1noc(CN2CCN(c3nc(C(C)C)nc(N(C)C)n3)CC2)n1. The molecule has 1 fully saturated rings. The van der Waals surface area contributed by atoms with E-state index in [4.69, 9.17) is 9.51 Å². The standard InChI is InChI=1S/C22H30N8O/c1-15(2)19-24-21(28(4)5)26-22(25-19)30-12-10-29(11-13-30)14-18-23-20(27-31-18)17-9-7-6-8-16(17)3/h6-9,15H,10-14H2,1-5H3. The minimum absolute atomic E-state index is 0.252. The first kappa shape index (κ1) is 21.2. The van der Waals surface area contributed by atoms with Gasteiger partial charge in [0, 0.05) is 51.8 Å². The number of aryl methyl sites for hydroxylation is 1. The molecule has 0 aliphatic carbocycles. The number of aromatic nitrogens is 5. The quantitative estimate of drug-likeness (QED) is 0.595. The number of nitrogens with zero attached hydrogens (tertiary/aromatic N) is 8. The third kappa shape index (κ3) is 4.82. The monoisotopic (exact) mass is 422 g/mol. The summed E-state index contributed by atoms with van der Waals surface area (Å²) < 4.78 is 5.52. The van der Waals surface area contributed by atoms with Gasteiger partial charge in [0.2, 0.25) is 23.6 Å². The van der Waals surface area contributed by atoms with Crippen molar-refractivity contribution in [1.29, 1.82) is 0 Å². The fraction of sp³-hybridized carbons (Fsp3) is 0.500. The highest BCUT2D eigenvalue weighted by Crippen LogP contribution is 2.22. The summed E-state index contributed by atoms with van der Waals surface area (Å²) in [4.78, 5) is 25.0. The lowest BCUT2D eigenvalue weighted by Crippen LogP contribution is -2.46. The largest absolute Gasteiger partial charge is 0.347 e. The van der Waals surface area contributed by atoms with Crippen LogP contribution in [0.5, 0.6) is 0 Å². The summed E-state index contributed by atoms with van der Waals surface area (Å²) in [5.74, 6) is 3.82. The molecular formula is C22H30N8O. The average molecular weight is 423 g/mol. The molecule has 3 heterocycles. The Kier molecular flexibility index (Phi) is 6.13. The van der Waals surface area contributed by atoms with Crippen LogP contribution in [0.25, 0.3) is 11.4 Å². The van der Waals surface area contributed by atoms with Crippen molar-refractivity contribution in [1.82, 2.24) is 30.0 Å². The number of hydrogen-bond acceptors (Lipinski definition) is 9. The van der Waals surface area contributed by atoms with E-state index in [9.17, 15) is 0 Å². The molecule has 4 rings (SSSR count). The summed E-state index contributed by atoms with van der Waals surface area (Å²) >= 11 is 0. The van der Waals surface area contributed by atoms with Crippen molar-refractivity contribution >= 4 is 11.9 Å². The maximum Gasteiger partial charge on any atom is 0.241 e. The van der Waals surface area contributed by atoms with Crippen molar-refractivity contribution in [2.24, 2.45) is 0 Å². The molecule has 1 saturated heterocycles. The number of benzene rings is 1. The minimum atomic E-state index is 0.252. The molecule has 31 heavy (non-hydrogen) atoms. The molecule has 1 aliphatic heterocycles. The number of anilines is 2. The normalized spacial score (nSPS) is 15.0. The van der Waals surface area contributed by atoms with Crippen molar-refractivity contribution in [3.8, 4) is 11.4 Å². The number of rotatable bonds is 6. The van der Waals surface area contributed by atoms with Gasteiger partial charge in [-0.15, -0.1) is 0 Å². The topological polar surface area (TPSA) is 87.3 Å². The summed E-state index contributed by atoms with van der Waals surface area (Å²) in [6.07, 6.45) is 0. The summed E-state index contributed by atoms with van der Waals surface area (Å²) in [7, 11) is 3.91. The van der Waals surface area contributed by atoms with E-state index in [-0.39, 0.29) is 5.92 Å². The van der Waals surface area contributed by atoms with Crippen LogP contribution >= 0.6 is 0 Å². The molecule has 2 aromatic heterocycles. The second-order valence-electron chi connectivity index (χ2n) is 8.43. The summed E-state index contributed by atoms with van der Waals surface area (Å²) in [5.41, 5.74) is 2.15. The molecule has 0 radical (unpaired) electrons. The molecule has 1 aliphatic rings. The van der Waals surface area contributed by atoms with Gasteiger partial charge < -0.3 is 14.3 Å². The van der Waals surface area contributed by atoms with Crippen LogP contribution in [0.1, 0.15) is 37.0 Å². The Labute approximate surface area is 183 Å². The van der Waals surface area contributed by atoms with Gasteiger partial charge in [0.25, 0.3) is 0 Å². The van der Waals surface area contributed by atoms with E-state index in [1.807, 2.05) is 37.2 Å². The zero-order valence-electron chi connectivity index (χ0n) is 18.9. The third-order valence-electron chi connectivity index (χ3n) is 5.41. The lowest BCUT2D eigenvalue weighted by Gasteiger charge is -2.34. The van der Waals surface area contributed by atoms with Gasteiger partial charge in [0.1, 0.15) is 5.82 Å². The fourth-order valence-electron chi connectivity index (χ4n) is 3.52. The molecule has 0 bridgehead atoms. The van der Waals surface area contributed by atoms with E-state index < -0.39 is 0 Å². The maximum atomic E-state index is 5.52. The van der Waals surface area contributed by atoms with Crippen molar-refractivity contribution < 1.29 is 4.52 Å². The van der Waals surface area contributed by atoms with Gasteiger partial charge in [0.15, 0.2) is 0 Å². The van der Waals surface area contributed by atoms with Gasteiger partial charge in [-0.25, -0.2) is 0 Å². The smallest absolute Gasteiger partial charge is 0.241 e. The second kappa shape index (κ2) is 8.97. The molecule has 0 spiro atoms. The zero-order valence-corrected chi connectivity index (χ0v) is 18.9. The fourth-order valence-corrected chi connectivity index (χ4v) is 3.52. The Hall–Kier alpha value is -3.07. The van der Waals surface area contributed by atoms with Crippen LogP contribution in [0.2, 0.25) is 0 Å². The van der Waals surface area contributed by atoms with Crippen molar-refractivity contribution in [3.05, 3.63) is 41.5 Å². The van der Waals surface area contributed by atoms with Crippen LogP contribution in [0.4, 0.5) is 11.9 Å². The summed E-state index contributed by atoms with van der Waals surface area (Å²) in [5, 5.41) is 4.17. The molecule has 164 valence electrons. The lowest BCUT2D eigenvalue weighted by molar-refractivity contribution is 0.214. The van der Waals surface area contributed by atoms with Crippen molar-refractivity contribution in [2.45, 2.75) is 33.2 Å². The summed E-state index contributed by atoms with van der Waals surface area (Å²) in [6.45, 7) is 10.3. The van der Waals surface area contributed by atoms with Gasteiger partial charge in [-0.2, -0.15) is 19.9 Å². The van der Waals surface area contributed by atoms with E-state index in [1.54, 1.807) is 0 Å². The molecule has 0 unspecified atom stereocenters. The van der Waals surface area contributed by atoms with Crippen LogP contribution in [0.15, 0.2) is 28.8 Å². The number of piperazine rings is 1. The van der Waals surface area contributed by atoms with Crippen LogP contribution in [0.3, 0.4) is 0 Å². The molecule has 0 atom stereocenters. The van der Waals surface area contributed by atoms with Crippen LogP contribution in [-0.2, 0) is 6.54 Å². The van der Waals surface area contributed by atoms with E-state index in [2.05, 4.69) is 56.7 Å². The van der Waals surface area contributed by atoms with Crippen molar-refractivity contribution in [2.75, 3.05) is 50.1 Å². The van der Waals surface area contributed by atoms with E-state index in [0.717, 1.165) is 49.1 Å². The van der Waals surface area contributed by atoms with E-state index in [0.29, 0.717) is 24.2 Å². The van der Waals surface area contributed by atoms with Crippen LogP contribution < -0.4 is 9.80 Å². The van der Waals surface area contributed by atoms with Crippen molar-refractivity contribution in [3.63, 3.8) is 0 Å². The Morgan fingerprint density at radius 2 is 1.74 bits per heavy atom. The first-order chi connectivity index (χ1) is 14.9. The number of hydrogen-bond donors (Lipinski definition) is 0. The maximum absolute atomic E-state index is 5.52. The first-order valence-corrected chi connectivity index (χ1v) is 10.7. The lowest BCUT2D eigenvalue weighted by atomic mass is 10.1. The molecule has 3 aromatic rings. The summed E-state index contributed by atoms with van der Waals surface area (Å²) in [6, 6.07) is 8.08. The molecular weight excluding hydrogens is 392 g/mol. The van der Waals surface area contributed by atoms with Gasteiger partial charge in [-0.1, -0.05) is 43.3 Å². The van der Waals surface area contributed by atoms with E-state index >= 15 is 0 Å². The molecule has 1 aromatic carbocycles. The van der Waals surface area contributed by atoms with Gasteiger partial charge >= 0.3 is 0 Å². The predicted octanol–water partition coefficient (Wildman–Crippen LogP) is 2.74. The van der Waals surface area contributed by atoms with Crippen LogP contribution in [0, 0.1) is 6.92 Å². The molecule has 9 nitrogen and oxygen atoms in total. The predicted molar refractivity (Wildman–Crippen MR) is 120 cm³/mol. The molecule has 9 heteroatoms. The molecule has 0 saturated carbocycles. The van der Waals surface area contributed by atoms with Crippen LogP contribution in [-0.4, -0.2) is 70.3 Å². The molecule has 0 amide bonds. The Morgan fingerprint density at radius 3 is 2.42 bits per heavy atom. The zero-order chi connectivity index (χ0) is 22.0. The highest BCUT2D eigenvalue weighted by molar-refractivity contribution is 5.58. The highest BCUT2D eigenvalue weighted by atomic mass is 16.5. The Bertz CT molecular complexity index is 998. The van der Waals surface area contributed by atoms with E-state index in [1.165, 1.54) is 0 Å². The highest BCUT2D eigenvalue weighted by Gasteiger charge is 2.23. The second-order valence-corrected chi connectivity index (χ2v) is 8.43. The Morgan fingerprint density at radius 1 is 1.00 bits per heavy atom. The average Bonchev–Trinajstić information content (AvgIpc) is 3.22. The third-order valence-corrected chi connectivity index (χ3v) is 5.41. The van der Waals surface area contributed by atoms with Gasteiger partial charge in [-0.05, 0) is 12.5 Å². The first-order valence-electron chi connectivity index (χ1n) is 10.7.